The van der Waals surface area contributed by atoms with Crippen LogP contribution in [0.15, 0.2) is 0 Å². The van der Waals surface area contributed by atoms with Crippen LogP contribution in [-0.4, -0.2) is 47.1 Å². The first-order chi connectivity index (χ1) is 3.91. The normalized spacial score (nSPS) is 8.80. The smallest absolute Gasteiger partial charge is 0.759 e. The summed E-state index contributed by atoms with van der Waals surface area (Å²) in [4.78, 5) is 0. The molecular formula is C3H9MgNO4S. The maximum absolute atomic E-state index is 8.52. The Morgan fingerprint density at radius 1 is 1.40 bits per heavy atom. The van der Waals surface area contributed by atoms with Gasteiger partial charge in [-0.05, 0) is 13.0 Å². The van der Waals surface area contributed by atoms with Crippen molar-refractivity contribution in [3.63, 3.8) is 0 Å². The Labute approximate surface area is 76.7 Å². The van der Waals surface area contributed by atoms with Crippen LogP contribution in [0, 0.1) is 0 Å². The summed E-state index contributed by atoms with van der Waals surface area (Å²) in [6, 6.07) is 0. The van der Waals surface area contributed by atoms with Gasteiger partial charge >= 0.3 is 23.1 Å². The molecule has 7 heteroatoms. The fourth-order valence-electron chi connectivity index (χ4n) is 0. The van der Waals surface area contributed by atoms with E-state index in [4.69, 9.17) is 23.3 Å². The average Bonchev–Trinajstić information content (AvgIpc) is 1.61. The summed E-state index contributed by atoms with van der Waals surface area (Å²) in [7, 11) is -5.17. The number of rotatable bonds is 1. The first kappa shape index (κ1) is 16.9. The molecule has 0 atom stereocenters. The minimum Gasteiger partial charge on any atom is -0.759 e. The van der Waals surface area contributed by atoms with E-state index in [2.05, 4.69) is 6.92 Å². The molecule has 10 heavy (non-hydrogen) atoms. The maximum atomic E-state index is 8.52. The van der Waals surface area contributed by atoms with E-state index >= 15 is 0 Å². The van der Waals surface area contributed by atoms with Crippen LogP contribution in [0.3, 0.4) is 0 Å². The maximum Gasteiger partial charge on any atom is 2.00 e. The van der Waals surface area contributed by atoms with E-state index in [9.17, 15) is 0 Å². The van der Waals surface area contributed by atoms with Crippen molar-refractivity contribution >= 4 is 33.5 Å². The van der Waals surface area contributed by atoms with Crippen LogP contribution in [0.4, 0.5) is 0 Å². The first-order valence-electron chi connectivity index (χ1n) is 2.28. The molecule has 5 nitrogen and oxygen atoms in total. The zero-order chi connectivity index (χ0) is 7.91. The summed E-state index contributed by atoms with van der Waals surface area (Å²) >= 11 is 0. The van der Waals surface area contributed by atoms with Crippen molar-refractivity contribution in [2.75, 3.05) is 6.54 Å². The molecule has 0 aliphatic carbocycles. The molecule has 0 bridgehead atoms. The Morgan fingerprint density at radius 3 is 1.50 bits per heavy atom. The van der Waals surface area contributed by atoms with Gasteiger partial charge in [-0.1, -0.05) is 6.92 Å². The van der Waals surface area contributed by atoms with Crippen LogP contribution in [0.2, 0.25) is 0 Å². The zero-order valence-electron chi connectivity index (χ0n) is 5.74. The predicted octanol–water partition coefficient (Wildman–Crippen LogP) is -1.36. The van der Waals surface area contributed by atoms with Crippen LogP contribution >= 0.6 is 0 Å². The van der Waals surface area contributed by atoms with E-state index in [1.165, 1.54) is 0 Å². The van der Waals surface area contributed by atoms with Crippen LogP contribution in [0.1, 0.15) is 13.3 Å². The minimum absolute atomic E-state index is 0. The third-order valence-electron chi connectivity index (χ3n) is 0.289. The standard InChI is InChI=1S/C3H9N.Mg.H2O4S/c1-2-3-4;;1-5(2,3)4/h2-4H2,1H3;;(H2,1,2,3,4)/q;+2;/p-2. The predicted molar refractivity (Wildman–Crippen MR) is 35.6 cm³/mol. The Kier molecular flexibility index (Phi) is 16.2. The fraction of sp³-hybridized carbons (Fsp3) is 1.00. The second-order valence-electron chi connectivity index (χ2n) is 1.20. The van der Waals surface area contributed by atoms with Gasteiger partial charge < -0.3 is 14.8 Å². The van der Waals surface area contributed by atoms with Gasteiger partial charge in [-0.25, -0.2) is 0 Å². The molecule has 58 valence electrons. The Hall–Kier alpha value is 0.596. The van der Waals surface area contributed by atoms with Crippen molar-refractivity contribution in [2.24, 2.45) is 5.73 Å². The summed E-state index contributed by atoms with van der Waals surface area (Å²) in [5, 5.41) is 0. The molecule has 0 aromatic rings. The average molecular weight is 179 g/mol. The molecule has 0 unspecified atom stereocenters. The number of hydrogen-bond acceptors (Lipinski definition) is 5. The second kappa shape index (κ2) is 9.60. The minimum atomic E-state index is -5.17. The molecule has 0 amide bonds. The molecule has 0 aliphatic rings. The van der Waals surface area contributed by atoms with Gasteiger partial charge in [-0.15, -0.1) is 0 Å². The van der Waals surface area contributed by atoms with Crippen molar-refractivity contribution < 1.29 is 17.5 Å². The summed E-state index contributed by atoms with van der Waals surface area (Å²) in [5.41, 5.74) is 5.03. The van der Waals surface area contributed by atoms with Gasteiger partial charge in [-0.3, -0.25) is 8.42 Å². The van der Waals surface area contributed by atoms with E-state index in [0.717, 1.165) is 13.0 Å². The Morgan fingerprint density at radius 2 is 1.50 bits per heavy atom. The largest absolute Gasteiger partial charge is 2.00 e. The summed E-state index contributed by atoms with van der Waals surface area (Å²) in [6.45, 7) is 2.88. The zero-order valence-corrected chi connectivity index (χ0v) is 7.97. The van der Waals surface area contributed by atoms with E-state index in [0.29, 0.717) is 0 Å². The van der Waals surface area contributed by atoms with Crippen molar-refractivity contribution in [3.8, 4) is 0 Å². The van der Waals surface area contributed by atoms with E-state index in [1.807, 2.05) is 0 Å². The van der Waals surface area contributed by atoms with Crippen molar-refractivity contribution in [1.29, 1.82) is 0 Å². The third kappa shape index (κ3) is 195. The van der Waals surface area contributed by atoms with Gasteiger partial charge in [0.05, 0.1) is 0 Å². The van der Waals surface area contributed by atoms with E-state index in [1.54, 1.807) is 0 Å². The van der Waals surface area contributed by atoms with Crippen molar-refractivity contribution in [2.45, 2.75) is 13.3 Å². The van der Waals surface area contributed by atoms with Crippen molar-refractivity contribution in [3.05, 3.63) is 0 Å². The quantitative estimate of drug-likeness (QED) is 0.304. The molecule has 0 rings (SSSR count). The molecule has 0 heterocycles. The molecule has 0 aromatic heterocycles. The summed E-state index contributed by atoms with van der Waals surface area (Å²) in [6.07, 6.45) is 1.10. The number of nitrogens with two attached hydrogens (primary N) is 1. The van der Waals surface area contributed by atoms with Crippen LogP contribution in [-0.2, 0) is 10.4 Å². The first-order valence-corrected chi connectivity index (χ1v) is 3.62. The van der Waals surface area contributed by atoms with Gasteiger partial charge in [0.25, 0.3) is 0 Å². The van der Waals surface area contributed by atoms with Gasteiger partial charge in [0.2, 0.25) is 0 Å². The molecule has 0 fully saturated rings. The molecule has 0 aliphatic heterocycles. The van der Waals surface area contributed by atoms with E-state index < -0.39 is 10.4 Å². The van der Waals surface area contributed by atoms with Crippen LogP contribution < -0.4 is 5.73 Å². The van der Waals surface area contributed by atoms with Crippen LogP contribution in [0.5, 0.6) is 0 Å². The molecule has 0 aromatic carbocycles. The molecule has 0 saturated heterocycles. The molecule has 0 saturated carbocycles. The second-order valence-corrected chi connectivity index (χ2v) is 2.01. The Balaban J connectivity index is -0.0000000910. The SMILES string of the molecule is CCCN.O=S(=O)([O-])[O-].[Mg+2]. The molecule has 0 radical (unpaired) electrons. The topological polar surface area (TPSA) is 106 Å². The molecule has 2 N–H and O–H groups in total. The summed E-state index contributed by atoms with van der Waals surface area (Å²) < 4.78 is 34.1. The van der Waals surface area contributed by atoms with Gasteiger partial charge in [0, 0.05) is 10.4 Å². The number of hydrogen-bond donors (Lipinski definition) is 1. The monoisotopic (exact) mass is 179 g/mol. The molecule has 0 spiro atoms. The van der Waals surface area contributed by atoms with Gasteiger partial charge in [-0.2, -0.15) is 0 Å². The van der Waals surface area contributed by atoms with E-state index in [-0.39, 0.29) is 23.1 Å². The van der Waals surface area contributed by atoms with Gasteiger partial charge in [0.1, 0.15) is 0 Å². The third-order valence-corrected chi connectivity index (χ3v) is 0.289. The van der Waals surface area contributed by atoms with Crippen LogP contribution in [0.25, 0.3) is 0 Å². The Bertz CT molecular complexity index is 123. The van der Waals surface area contributed by atoms with Gasteiger partial charge in [0.15, 0.2) is 0 Å². The summed E-state index contributed by atoms with van der Waals surface area (Å²) in [5.74, 6) is 0. The molecular weight excluding hydrogens is 170 g/mol. The van der Waals surface area contributed by atoms with Crippen molar-refractivity contribution in [1.82, 2.24) is 0 Å². The fourth-order valence-corrected chi connectivity index (χ4v) is 0.